The molecule has 1 aromatic carbocycles. The Morgan fingerprint density at radius 2 is 1.94 bits per heavy atom. The molecule has 0 saturated heterocycles. The third-order valence-corrected chi connectivity index (χ3v) is 2.76. The van der Waals surface area contributed by atoms with Crippen LogP contribution in [0.2, 0.25) is 0 Å². The van der Waals surface area contributed by atoms with E-state index in [1.807, 2.05) is 19.2 Å². The fraction of sp³-hybridized carbons (Fsp3) is 0.462. The summed E-state index contributed by atoms with van der Waals surface area (Å²) in [6.45, 7) is 5.88. The second kappa shape index (κ2) is 5.00. The van der Waals surface area contributed by atoms with Gasteiger partial charge in [0.15, 0.2) is 0 Å². The molecule has 0 spiro atoms. The maximum Gasteiger partial charge on any atom is 0.0992 e. The molecule has 0 saturated carbocycles. The van der Waals surface area contributed by atoms with Crippen LogP contribution in [0.3, 0.4) is 0 Å². The van der Waals surface area contributed by atoms with Gasteiger partial charge in [0, 0.05) is 24.3 Å². The third kappa shape index (κ3) is 2.53. The molecular formula is C13H18N2O. The number of aliphatic hydroxyl groups is 1. The van der Waals surface area contributed by atoms with Gasteiger partial charge < -0.3 is 10.0 Å². The van der Waals surface area contributed by atoms with E-state index in [1.165, 1.54) is 0 Å². The highest BCUT2D eigenvalue weighted by Gasteiger charge is 2.14. The van der Waals surface area contributed by atoms with Crippen molar-refractivity contribution in [3.8, 4) is 6.07 Å². The summed E-state index contributed by atoms with van der Waals surface area (Å²) in [6.07, 6.45) is -0.524. The normalized spacial score (nSPS) is 12.3. The number of nitriles is 1. The van der Waals surface area contributed by atoms with Gasteiger partial charge in [-0.2, -0.15) is 5.26 Å². The lowest BCUT2D eigenvalue weighted by Crippen LogP contribution is -2.27. The van der Waals surface area contributed by atoms with E-state index < -0.39 is 6.10 Å². The van der Waals surface area contributed by atoms with Gasteiger partial charge in [0.05, 0.1) is 17.7 Å². The van der Waals surface area contributed by atoms with E-state index in [-0.39, 0.29) is 0 Å². The quantitative estimate of drug-likeness (QED) is 0.847. The number of benzene rings is 1. The Labute approximate surface area is 96.9 Å². The smallest absolute Gasteiger partial charge is 0.0992 e. The number of nitrogens with zero attached hydrogens (tertiary/aromatic N) is 2. The molecule has 0 radical (unpaired) electrons. The maximum atomic E-state index is 9.69. The monoisotopic (exact) mass is 218 g/mol. The zero-order chi connectivity index (χ0) is 12.3. The molecule has 0 unspecified atom stereocenters. The van der Waals surface area contributed by atoms with E-state index in [4.69, 9.17) is 5.26 Å². The predicted octanol–water partition coefficient (Wildman–Crippen LogP) is 2.46. The SMILES string of the molecule is CC(C)N(C)c1cc(C#N)ccc1[C@@H](C)O. The maximum absolute atomic E-state index is 9.69. The first-order valence-corrected chi connectivity index (χ1v) is 5.42. The van der Waals surface area contributed by atoms with E-state index in [0.29, 0.717) is 11.6 Å². The van der Waals surface area contributed by atoms with Crippen LogP contribution in [0, 0.1) is 11.3 Å². The third-order valence-electron chi connectivity index (χ3n) is 2.76. The highest BCUT2D eigenvalue weighted by molar-refractivity contribution is 5.58. The van der Waals surface area contributed by atoms with Crippen LogP contribution in [0.15, 0.2) is 18.2 Å². The molecule has 0 aliphatic heterocycles. The van der Waals surface area contributed by atoms with E-state index in [9.17, 15) is 5.11 Å². The highest BCUT2D eigenvalue weighted by Crippen LogP contribution is 2.27. The molecule has 16 heavy (non-hydrogen) atoms. The summed E-state index contributed by atoms with van der Waals surface area (Å²) in [5.74, 6) is 0. The first-order chi connectivity index (χ1) is 7.47. The average Bonchev–Trinajstić information content (AvgIpc) is 2.26. The molecule has 86 valence electrons. The summed E-state index contributed by atoms with van der Waals surface area (Å²) in [5, 5.41) is 18.6. The Kier molecular flexibility index (Phi) is 3.92. The molecule has 0 aliphatic carbocycles. The highest BCUT2D eigenvalue weighted by atomic mass is 16.3. The van der Waals surface area contributed by atoms with Crippen LogP contribution in [0.4, 0.5) is 5.69 Å². The van der Waals surface area contributed by atoms with Crippen LogP contribution in [0.1, 0.15) is 38.0 Å². The van der Waals surface area contributed by atoms with Gasteiger partial charge in [-0.1, -0.05) is 6.07 Å². The van der Waals surface area contributed by atoms with Crippen molar-refractivity contribution in [2.75, 3.05) is 11.9 Å². The van der Waals surface area contributed by atoms with E-state index >= 15 is 0 Å². The van der Waals surface area contributed by atoms with Gasteiger partial charge in [-0.05, 0) is 32.9 Å². The number of hydrogen-bond donors (Lipinski definition) is 1. The number of anilines is 1. The number of aliphatic hydroxyl groups excluding tert-OH is 1. The Balaban J connectivity index is 3.26. The van der Waals surface area contributed by atoms with E-state index in [2.05, 4.69) is 24.8 Å². The second-order valence-corrected chi connectivity index (χ2v) is 4.27. The Bertz CT molecular complexity index is 405. The van der Waals surface area contributed by atoms with E-state index in [0.717, 1.165) is 11.3 Å². The van der Waals surface area contributed by atoms with Crippen LogP contribution >= 0.6 is 0 Å². The van der Waals surface area contributed by atoms with Gasteiger partial charge in [0.1, 0.15) is 0 Å². The Morgan fingerprint density at radius 3 is 2.38 bits per heavy atom. The van der Waals surface area contributed by atoms with Crippen molar-refractivity contribution < 1.29 is 5.11 Å². The molecule has 1 atom stereocenters. The molecule has 0 aromatic heterocycles. The first kappa shape index (κ1) is 12.5. The van der Waals surface area contributed by atoms with Crippen LogP contribution < -0.4 is 4.90 Å². The summed E-state index contributed by atoms with van der Waals surface area (Å²) in [4.78, 5) is 2.06. The minimum absolute atomic E-state index is 0.325. The van der Waals surface area contributed by atoms with Crippen LogP contribution in [-0.4, -0.2) is 18.2 Å². The minimum atomic E-state index is -0.524. The summed E-state index contributed by atoms with van der Waals surface area (Å²) in [7, 11) is 1.97. The van der Waals surface area contributed by atoms with Crippen molar-refractivity contribution in [2.24, 2.45) is 0 Å². The molecule has 3 nitrogen and oxygen atoms in total. The molecule has 3 heteroatoms. The van der Waals surface area contributed by atoms with Crippen molar-refractivity contribution in [3.63, 3.8) is 0 Å². The molecule has 0 fully saturated rings. The zero-order valence-corrected chi connectivity index (χ0v) is 10.2. The minimum Gasteiger partial charge on any atom is -0.389 e. The Morgan fingerprint density at radius 1 is 1.31 bits per heavy atom. The van der Waals surface area contributed by atoms with Crippen molar-refractivity contribution in [2.45, 2.75) is 32.9 Å². The van der Waals surface area contributed by atoms with Crippen molar-refractivity contribution in [1.82, 2.24) is 0 Å². The molecule has 0 bridgehead atoms. The van der Waals surface area contributed by atoms with Crippen molar-refractivity contribution >= 4 is 5.69 Å². The fourth-order valence-electron chi connectivity index (χ4n) is 1.55. The predicted molar refractivity (Wildman–Crippen MR) is 65.3 cm³/mol. The fourth-order valence-corrected chi connectivity index (χ4v) is 1.55. The molecule has 0 heterocycles. The van der Waals surface area contributed by atoms with Crippen molar-refractivity contribution in [1.29, 1.82) is 5.26 Å². The first-order valence-electron chi connectivity index (χ1n) is 5.42. The van der Waals surface area contributed by atoms with Gasteiger partial charge >= 0.3 is 0 Å². The summed E-state index contributed by atoms with van der Waals surface area (Å²) in [5.41, 5.74) is 2.39. The van der Waals surface area contributed by atoms with Gasteiger partial charge in [0.25, 0.3) is 0 Å². The second-order valence-electron chi connectivity index (χ2n) is 4.27. The molecule has 1 rings (SSSR count). The summed E-state index contributed by atoms with van der Waals surface area (Å²) in [6, 6.07) is 7.82. The number of rotatable bonds is 3. The lowest BCUT2D eigenvalue weighted by molar-refractivity contribution is 0.199. The van der Waals surface area contributed by atoms with Gasteiger partial charge in [0.2, 0.25) is 0 Å². The Hall–Kier alpha value is -1.53. The van der Waals surface area contributed by atoms with Gasteiger partial charge in [-0.3, -0.25) is 0 Å². The van der Waals surface area contributed by atoms with Crippen LogP contribution in [0.25, 0.3) is 0 Å². The standard InChI is InChI=1S/C13H18N2O/c1-9(2)15(4)13-7-11(8-14)5-6-12(13)10(3)16/h5-7,9-10,16H,1-4H3/t10-/m1/s1. The summed E-state index contributed by atoms with van der Waals surface area (Å²) < 4.78 is 0. The van der Waals surface area contributed by atoms with Gasteiger partial charge in [-0.25, -0.2) is 0 Å². The lowest BCUT2D eigenvalue weighted by Gasteiger charge is -2.27. The number of hydrogen-bond acceptors (Lipinski definition) is 3. The average molecular weight is 218 g/mol. The topological polar surface area (TPSA) is 47.3 Å². The molecule has 0 amide bonds. The molecular weight excluding hydrogens is 200 g/mol. The molecule has 0 aliphatic rings. The molecule has 1 N–H and O–H groups in total. The van der Waals surface area contributed by atoms with Crippen LogP contribution in [0.5, 0.6) is 0 Å². The van der Waals surface area contributed by atoms with Gasteiger partial charge in [-0.15, -0.1) is 0 Å². The zero-order valence-electron chi connectivity index (χ0n) is 10.2. The molecule has 1 aromatic rings. The van der Waals surface area contributed by atoms with E-state index in [1.54, 1.807) is 13.0 Å². The van der Waals surface area contributed by atoms with Crippen molar-refractivity contribution in [3.05, 3.63) is 29.3 Å². The van der Waals surface area contributed by atoms with Crippen LogP contribution in [-0.2, 0) is 0 Å². The summed E-state index contributed by atoms with van der Waals surface area (Å²) >= 11 is 0. The largest absolute Gasteiger partial charge is 0.389 e. The lowest BCUT2D eigenvalue weighted by atomic mass is 10.0.